The predicted octanol–water partition coefficient (Wildman–Crippen LogP) is 4.55. The lowest BCUT2D eigenvalue weighted by atomic mass is 9.98. The number of hydrogen-bond donors (Lipinski definition) is 2. The van der Waals surface area contributed by atoms with E-state index in [2.05, 4.69) is 10.1 Å². The molecule has 2 heterocycles. The number of aryl methyl sites for hydroxylation is 1. The summed E-state index contributed by atoms with van der Waals surface area (Å²) in [6.45, 7) is 0.617. The molecule has 1 saturated heterocycles. The van der Waals surface area contributed by atoms with Gasteiger partial charge in [0, 0.05) is 12.1 Å². The molecule has 6 nitrogen and oxygen atoms in total. The molecule has 0 spiro atoms. The molecule has 1 aromatic heterocycles. The number of alkyl halides is 3. The van der Waals surface area contributed by atoms with Crippen LogP contribution in [-0.2, 0) is 12.6 Å². The highest BCUT2D eigenvalue weighted by atomic mass is 35.5. The fourth-order valence-corrected chi connectivity index (χ4v) is 3.76. The second-order valence-corrected chi connectivity index (χ2v) is 7.54. The molecule has 2 aromatic rings. The molecule has 1 aliphatic heterocycles. The summed E-state index contributed by atoms with van der Waals surface area (Å²) in [5, 5.41) is 11.5. The van der Waals surface area contributed by atoms with Crippen LogP contribution in [0.5, 0.6) is 0 Å². The van der Waals surface area contributed by atoms with Crippen molar-refractivity contribution in [3.05, 3.63) is 35.2 Å². The van der Waals surface area contributed by atoms with Crippen molar-refractivity contribution >= 4 is 18.4 Å². The summed E-state index contributed by atoms with van der Waals surface area (Å²) in [6, 6.07) is 3.94. The van der Waals surface area contributed by atoms with E-state index >= 15 is 0 Å². The zero-order valence-corrected chi connectivity index (χ0v) is 16.5. The van der Waals surface area contributed by atoms with Gasteiger partial charge in [-0.2, -0.15) is 18.2 Å². The largest absolute Gasteiger partial charge is 0.416 e. The molecule has 1 aromatic carbocycles. The van der Waals surface area contributed by atoms with E-state index in [1.54, 1.807) is 11.0 Å². The lowest BCUT2D eigenvalue weighted by Crippen LogP contribution is -2.35. The number of nitrogens with zero attached hydrogens (tertiary/aromatic N) is 3. The van der Waals surface area contributed by atoms with Crippen LogP contribution in [0.25, 0.3) is 11.4 Å². The smallest absolute Gasteiger partial charge is 0.370 e. The Labute approximate surface area is 172 Å². The number of nitrogens with two attached hydrogens (primary N) is 1. The van der Waals surface area contributed by atoms with Gasteiger partial charge in [0.15, 0.2) is 5.96 Å². The zero-order chi connectivity index (χ0) is 19.9. The van der Waals surface area contributed by atoms with Gasteiger partial charge in [0.05, 0.1) is 5.56 Å². The maximum absolute atomic E-state index is 13.6. The van der Waals surface area contributed by atoms with Crippen LogP contribution in [0.2, 0.25) is 0 Å². The van der Waals surface area contributed by atoms with Gasteiger partial charge in [-0.05, 0) is 43.2 Å². The quantitative estimate of drug-likeness (QED) is 0.537. The standard InChI is InChI=1S/C19H22F3N5O.ClH/c20-19(21,22)14-10-13(8-7-12(14)6-5-11-3-4-11)16-25-17(28-26-16)15-2-1-9-27(15)18(23)24;/h7-8,10-11,15H,1-6,9H2,(H3,23,24);1H/t15-;/m0./s1. The van der Waals surface area contributed by atoms with E-state index in [1.165, 1.54) is 6.07 Å². The fourth-order valence-electron chi connectivity index (χ4n) is 3.76. The molecule has 2 fully saturated rings. The van der Waals surface area contributed by atoms with Crippen molar-refractivity contribution in [2.75, 3.05) is 6.54 Å². The second-order valence-electron chi connectivity index (χ2n) is 7.54. The maximum Gasteiger partial charge on any atom is 0.416 e. The molecule has 158 valence electrons. The maximum atomic E-state index is 13.6. The van der Waals surface area contributed by atoms with Crippen LogP contribution in [0.15, 0.2) is 22.7 Å². The van der Waals surface area contributed by atoms with Crippen molar-refractivity contribution < 1.29 is 17.7 Å². The molecular weight excluding hydrogens is 407 g/mol. The molecule has 0 unspecified atom stereocenters. The Morgan fingerprint density at radius 2 is 2.03 bits per heavy atom. The SMILES string of the molecule is Cl.N=C(N)N1CCC[C@H]1c1nc(-c2ccc(CCC3CC3)c(C(F)(F)F)c2)no1. The highest BCUT2D eigenvalue weighted by Crippen LogP contribution is 2.38. The molecular formula is C19H23ClF3N5O. The van der Waals surface area contributed by atoms with Gasteiger partial charge in [-0.1, -0.05) is 30.1 Å². The molecule has 10 heteroatoms. The van der Waals surface area contributed by atoms with Gasteiger partial charge in [0.1, 0.15) is 6.04 Å². The number of guanidine groups is 1. The zero-order valence-electron chi connectivity index (χ0n) is 15.7. The topological polar surface area (TPSA) is 92.0 Å². The van der Waals surface area contributed by atoms with Gasteiger partial charge in [-0.3, -0.25) is 5.41 Å². The first kappa shape index (κ1) is 21.4. The Hall–Kier alpha value is -2.29. The minimum Gasteiger partial charge on any atom is -0.370 e. The molecule has 3 N–H and O–H groups in total. The summed E-state index contributed by atoms with van der Waals surface area (Å²) in [7, 11) is 0. The molecule has 0 radical (unpaired) electrons. The van der Waals surface area contributed by atoms with E-state index in [1.807, 2.05) is 0 Å². The van der Waals surface area contributed by atoms with Crippen LogP contribution in [0.3, 0.4) is 0 Å². The van der Waals surface area contributed by atoms with Gasteiger partial charge >= 0.3 is 6.18 Å². The molecule has 1 atom stereocenters. The van der Waals surface area contributed by atoms with E-state index < -0.39 is 11.7 Å². The number of halogens is 4. The molecule has 1 aliphatic carbocycles. The molecule has 2 aliphatic rings. The van der Waals surface area contributed by atoms with Crippen LogP contribution < -0.4 is 5.73 Å². The van der Waals surface area contributed by atoms with Crippen LogP contribution in [0.1, 0.15) is 55.2 Å². The summed E-state index contributed by atoms with van der Waals surface area (Å²) in [5.74, 6) is 0.872. The highest BCUT2D eigenvalue weighted by molar-refractivity contribution is 5.85. The van der Waals surface area contributed by atoms with Gasteiger partial charge in [-0.25, -0.2) is 0 Å². The first-order valence-corrected chi connectivity index (χ1v) is 9.47. The van der Waals surface area contributed by atoms with Crippen LogP contribution in [0, 0.1) is 11.3 Å². The van der Waals surface area contributed by atoms with Crippen LogP contribution in [-0.4, -0.2) is 27.5 Å². The number of aromatic nitrogens is 2. The highest BCUT2D eigenvalue weighted by Gasteiger charge is 2.35. The Morgan fingerprint density at radius 3 is 2.69 bits per heavy atom. The van der Waals surface area contributed by atoms with Gasteiger partial charge < -0.3 is 15.2 Å². The lowest BCUT2D eigenvalue weighted by molar-refractivity contribution is -0.138. The lowest BCUT2D eigenvalue weighted by Gasteiger charge is -2.21. The van der Waals surface area contributed by atoms with Gasteiger partial charge in [0.2, 0.25) is 11.7 Å². The van der Waals surface area contributed by atoms with E-state index in [9.17, 15) is 13.2 Å². The van der Waals surface area contributed by atoms with Crippen molar-refractivity contribution in [3.8, 4) is 11.4 Å². The average Bonchev–Trinajstić information content (AvgIpc) is 3.13. The predicted molar refractivity (Wildman–Crippen MR) is 104 cm³/mol. The van der Waals surface area contributed by atoms with Crippen molar-refractivity contribution in [3.63, 3.8) is 0 Å². The molecule has 0 amide bonds. The number of hydrogen-bond acceptors (Lipinski definition) is 4. The van der Waals surface area contributed by atoms with Gasteiger partial charge in [0.25, 0.3) is 0 Å². The van der Waals surface area contributed by atoms with E-state index in [0.29, 0.717) is 30.9 Å². The first-order valence-electron chi connectivity index (χ1n) is 9.47. The summed E-state index contributed by atoms with van der Waals surface area (Å²) in [6.07, 6.45) is 0.542. The Kier molecular flexibility index (Phi) is 6.07. The second kappa shape index (κ2) is 8.22. The third kappa shape index (κ3) is 4.66. The molecule has 4 rings (SSSR count). The van der Waals surface area contributed by atoms with Crippen molar-refractivity contribution in [1.82, 2.24) is 15.0 Å². The van der Waals surface area contributed by atoms with E-state index in [-0.39, 0.29) is 41.7 Å². The van der Waals surface area contributed by atoms with Crippen LogP contribution in [0.4, 0.5) is 13.2 Å². The normalized spacial score (nSPS) is 19.3. The summed E-state index contributed by atoms with van der Waals surface area (Å²) in [5.41, 5.74) is 5.52. The number of likely N-dealkylation sites (tertiary alicyclic amines) is 1. The Morgan fingerprint density at radius 1 is 1.28 bits per heavy atom. The minimum atomic E-state index is -4.43. The van der Waals surface area contributed by atoms with Crippen LogP contribution >= 0.6 is 12.4 Å². The molecule has 1 saturated carbocycles. The van der Waals surface area contributed by atoms with E-state index in [4.69, 9.17) is 15.7 Å². The molecule has 0 bridgehead atoms. The van der Waals surface area contributed by atoms with Crippen molar-refractivity contribution in [2.45, 2.75) is 50.7 Å². The Bertz CT molecular complexity index is 881. The third-order valence-electron chi connectivity index (χ3n) is 5.48. The fraction of sp³-hybridized carbons (Fsp3) is 0.526. The number of benzene rings is 1. The first-order chi connectivity index (χ1) is 13.3. The monoisotopic (exact) mass is 429 g/mol. The van der Waals surface area contributed by atoms with E-state index in [0.717, 1.165) is 31.7 Å². The molecule has 29 heavy (non-hydrogen) atoms. The number of rotatable bonds is 5. The summed E-state index contributed by atoms with van der Waals surface area (Å²) >= 11 is 0. The van der Waals surface area contributed by atoms with Crippen molar-refractivity contribution in [2.24, 2.45) is 11.7 Å². The summed E-state index contributed by atoms with van der Waals surface area (Å²) < 4.78 is 46.0. The summed E-state index contributed by atoms with van der Waals surface area (Å²) in [4.78, 5) is 5.95. The minimum absolute atomic E-state index is 0. The Balaban J connectivity index is 0.00000240. The third-order valence-corrected chi connectivity index (χ3v) is 5.48. The van der Waals surface area contributed by atoms with Gasteiger partial charge in [-0.15, -0.1) is 12.4 Å². The van der Waals surface area contributed by atoms with Crippen molar-refractivity contribution in [1.29, 1.82) is 5.41 Å². The average molecular weight is 430 g/mol. The number of nitrogens with one attached hydrogen (secondary N) is 1.